The summed E-state index contributed by atoms with van der Waals surface area (Å²) in [7, 11) is 1.34. The summed E-state index contributed by atoms with van der Waals surface area (Å²) in [5.41, 5.74) is 1.08. The van der Waals surface area contributed by atoms with Crippen molar-refractivity contribution in [2.24, 2.45) is 0 Å². The van der Waals surface area contributed by atoms with Crippen LogP contribution in [0.25, 0.3) is 0 Å². The molecule has 1 unspecified atom stereocenters. The molecule has 1 N–H and O–H groups in total. The summed E-state index contributed by atoms with van der Waals surface area (Å²) in [5.74, 6) is 0.510. The number of rotatable bonds is 9. The van der Waals surface area contributed by atoms with Gasteiger partial charge in [-0.05, 0) is 18.4 Å². The van der Waals surface area contributed by atoms with E-state index >= 15 is 0 Å². The average molecular weight is 319 g/mol. The molecule has 0 radical (unpaired) electrons. The number of oxazole rings is 1. The summed E-state index contributed by atoms with van der Waals surface area (Å²) in [5, 5.41) is 9.97. The van der Waals surface area contributed by atoms with Crippen LogP contribution >= 0.6 is 0 Å². The lowest BCUT2D eigenvalue weighted by atomic mass is 10.1. The molecule has 0 aliphatic heterocycles. The standard InChI is InChI=1S/C17H21NO5/c1-21-16(20)9-5-8-15(19)17-18-10-14(23-17)12-22-11-13-6-3-2-4-7-13/h2-4,6-7,10,15,19H,5,8-9,11-12H2,1H3. The molecule has 1 aromatic heterocycles. The van der Waals surface area contributed by atoms with Crippen LogP contribution in [0.15, 0.2) is 40.9 Å². The van der Waals surface area contributed by atoms with Crippen molar-refractivity contribution < 1.29 is 23.8 Å². The molecular formula is C17H21NO5. The van der Waals surface area contributed by atoms with Gasteiger partial charge in [-0.1, -0.05) is 30.3 Å². The first-order chi connectivity index (χ1) is 11.2. The van der Waals surface area contributed by atoms with Crippen LogP contribution in [0.2, 0.25) is 0 Å². The first kappa shape index (κ1) is 17.2. The molecule has 0 aliphatic carbocycles. The lowest BCUT2D eigenvalue weighted by Crippen LogP contribution is -2.03. The van der Waals surface area contributed by atoms with Crippen LogP contribution in [0, 0.1) is 0 Å². The third kappa shape index (κ3) is 5.84. The molecule has 124 valence electrons. The zero-order valence-corrected chi connectivity index (χ0v) is 13.1. The van der Waals surface area contributed by atoms with E-state index in [1.807, 2.05) is 30.3 Å². The maximum absolute atomic E-state index is 11.0. The Bertz CT molecular complexity index is 596. The Morgan fingerprint density at radius 2 is 2.09 bits per heavy atom. The second-order valence-electron chi connectivity index (χ2n) is 5.13. The monoisotopic (exact) mass is 319 g/mol. The van der Waals surface area contributed by atoms with Crippen LogP contribution in [-0.4, -0.2) is 23.2 Å². The van der Waals surface area contributed by atoms with Gasteiger partial charge >= 0.3 is 5.97 Å². The average Bonchev–Trinajstić information content (AvgIpc) is 3.04. The Morgan fingerprint density at radius 3 is 2.83 bits per heavy atom. The minimum atomic E-state index is -0.831. The normalized spacial score (nSPS) is 12.1. The van der Waals surface area contributed by atoms with E-state index in [0.29, 0.717) is 25.2 Å². The first-order valence-corrected chi connectivity index (χ1v) is 7.50. The summed E-state index contributed by atoms with van der Waals surface area (Å²) in [6.07, 6.45) is 1.88. The van der Waals surface area contributed by atoms with Crippen molar-refractivity contribution in [2.75, 3.05) is 7.11 Å². The highest BCUT2D eigenvalue weighted by atomic mass is 16.5. The minimum Gasteiger partial charge on any atom is -0.469 e. The van der Waals surface area contributed by atoms with Crippen LogP contribution in [0.4, 0.5) is 0 Å². The van der Waals surface area contributed by atoms with E-state index in [2.05, 4.69) is 9.72 Å². The van der Waals surface area contributed by atoms with Gasteiger partial charge in [-0.2, -0.15) is 0 Å². The number of aliphatic hydroxyl groups is 1. The number of methoxy groups -OCH3 is 1. The first-order valence-electron chi connectivity index (χ1n) is 7.50. The minimum absolute atomic E-state index is 0.244. The molecule has 6 nitrogen and oxygen atoms in total. The van der Waals surface area contributed by atoms with Crippen molar-refractivity contribution in [2.45, 2.75) is 38.6 Å². The molecule has 2 aromatic rings. The summed E-state index contributed by atoms with van der Waals surface area (Å²) >= 11 is 0. The fraction of sp³-hybridized carbons (Fsp3) is 0.412. The van der Waals surface area contributed by atoms with E-state index in [1.54, 1.807) is 6.20 Å². The van der Waals surface area contributed by atoms with Gasteiger partial charge in [-0.15, -0.1) is 0 Å². The molecule has 23 heavy (non-hydrogen) atoms. The van der Waals surface area contributed by atoms with Crippen LogP contribution < -0.4 is 0 Å². The van der Waals surface area contributed by atoms with Gasteiger partial charge in [0.05, 0.1) is 19.9 Å². The van der Waals surface area contributed by atoms with Crippen molar-refractivity contribution in [1.82, 2.24) is 4.98 Å². The summed E-state index contributed by atoms with van der Waals surface area (Å²) in [6, 6.07) is 9.83. The Balaban J connectivity index is 1.73. The van der Waals surface area contributed by atoms with Crippen molar-refractivity contribution >= 4 is 5.97 Å². The van der Waals surface area contributed by atoms with E-state index in [9.17, 15) is 9.90 Å². The number of nitrogens with zero attached hydrogens (tertiary/aromatic N) is 1. The smallest absolute Gasteiger partial charge is 0.305 e. The Hall–Kier alpha value is -2.18. The molecule has 0 aliphatic rings. The molecule has 2 rings (SSSR count). The number of aliphatic hydroxyl groups excluding tert-OH is 1. The highest BCUT2D eigenvalue weighted by Crippen LogP contribution is 2.19. The van der Waals surface area contributed by atoms with Crippen molar-refractivity contribution in [3.05, 3.63) is 53.7 Å². The lowest BCUT2D eigenvalue weighted by molar-refractivity contribution is -0.140. The summed E-state index contributed by atoms with van der Waals surface area (Å²) in [4.78, 5) is 15.1. The van der Waals surface area contributed by atoms with Gasteiger partial charge in [-0.25, -0.2) is 4.98 Å². The third-order valence-electron chi connectivity index (χ3n) is 3.30. The number of ether oxygens (including phenoxy) is 2. The SMILES string of the molecule is COC(=O)CCCC(O)c1ncc(COCc2ccccc2)o1. The molecule has 1 heterocycles. The zero-order chi connectivity index (χ0) is 16.5. The van der Waals surface area contributed by atoms with Gasteiger partial charge < -0.3 is 19.0 Å². The fourth-order valence-electron chi connectivity index (χ4n) is 2.05. The van der Waals surface area contributed by atoms with Crippen LogP contribution in [0.3, 0.4) is 0 Å². The Kier molecular flexibility index (Phi) is 6.77. The predicted octanol–water partition coefficient (Wildman–Crippen LogP) is 2.77. The molecule has 1 atom stereocenters. The van der Waals surface area contributed by atoms with Crippen LogP contribution in [0.5, 0.6) is 0 Å². The molecule has 0 amide bonds. The molecule has 0 saturated carbocycles. The fourth-order valence-corrected chi connectivity index (χ4v) is 2.05. The van der Waals surface area contributed by atoms with E-state index in [-0.39, 0.29) is 24.9 Å². The molecule has 6 heteroatoms. The van der Waals surface area contributed by atoms with Crippen molar-refractivity contribution in [3.63, 3.8) is 0 Å². The number of carbonyl (C=O) groups is 1. The van der Waals surface area contributed by atoms with Gasteiger partial charge in [0.1, 0.15) is 18.5 Å². The zero-order valence-electron chi connectivity index (χ0n) is 13.1. The molecule has 0 saturated heterocycles. The number of benzene rings is 1. The highest BCUT2D eigenvalue weighted by Gasteiger charge is 2.15. The molecule has 0 bridgehead atoms. The van der Waals surface area contributed by atoms with E-state index < -0.39 is 6.10 Å². The number of hydrogen-bond acceptors (Lipinski definition) is 6. The second-order valence-corrected chi connectivity index (χ2v) is 5.13. The summed E-state index contributed by atoms with van der Waals surface area (Å²) in [6.45, 7) is 0.773. The molecule has 0 fully saturated rings. The number of hydrogen-bond donors (Lipinski definition) is 1. The van der Waals surface area contributed by atoms with E-state index in [0.717, 1.165) is 5.56 Å². The quantitative estimate of drug-likeness (QED) is 0.716. The largest absolute Gasteiger partial charge is 0.469 e. The van der Waals surface area contributed by atoms with Gasteiger partial charge in [-0.3, -0.25) is 4.79 Å². The molecule has 0 spiro atoms. The van der Waals surface area contributed by atoms with E-state index in [1.165, 1.54) is 7.11 Å². The van der Waals surface area contributed by atoms with Crippen molar-refractivity contribution in [1.29, 1.82) is 0 Å². The Labute approximate surface area is 135 Å². The van der Waals surface area contributed by atoms with Crippen LogP contribution in [-0.2, 0) is 27.5 Å². The maximum Gasteiger partial charge on any atom is 0.305 e. The van der Waals surface area contributed by atoms with Crippen LogP contribution in [0.1, 0.15) is 42.6 Å². The number of aromatic nitrogens is 1. The Morgan fingerprint density at radius 1 is 1.30 bits per heavy atom. The topological polar surface area (TPSA) is 81.8 Å². The van der Waals surface area contributed by atoms with E-state index in [4.69, 9.17) is 9.15 Å². The molecular weight excluding hydrogens is 298 g/mol. The van der Waals surface area contributed by atoms with Crippen molar-refractivity contribution in [3.8, 4) is 0 Å². The highest BCUT2D eigenvalue weighted by molar-refractivity contribution is 5.68. The third-order valence-corrected chi connectivity index (χ3v) is 3.30. The number of carbonyl (C=O) groups excluding carboxylic acids is 1. The van der Waals surface area contributed by atoms with Gasteiger partial charge in [0, 0.05) is 6.42 Å². The maximum atomic E-state index is 11.0. The predicted molar refractivity (Wildman–Crippen MR) is 82.3 cm³/mol. The summed E-state index contributed by atoms with van der Waals surface area (Å²) < 4.78 is 15.6. The lowest BCUT2D eigenvalue weighted by Gasteiger charge is -2.06. The van der Waals surface area contributed by atoms with Gasteiger partial charge in [0.2, 0.25) is 5.89 Å². The number of esters is 1. The van der Waals surface area contributed by atoms with Gasteiger partial charge in [0.25, 0.3) is 0 Å². The second kappa shape index (κ2) is 9.07. The molecule has 1 aromatic carbocycles. The van der Waals surface area contributed by atoms with Gasteiger partial charge in [0.15, 0.2) is 0 Å².